The zero-order valence-corrected chi connectivity index (χ0v) is 14.3. The largest absolute Gasteiger partial charge is 0.416 e. The fraction of sp³-hybridized carbons (Fsp3) is 0.412. The van der Waals surface area contributed by atoms with Crippen LogP contribution < -0.4 is 5.32 Å². The third-order valence-corrected chi connectivity index (χ3v) is 4.45. The molecule has 7 nitrogen and oxygen atoms in total. The normalized spacial score (nSPS) is 17.6. The highest BCUT2D eigenvalue weighted by molar-refractivity contribution is 5.96. The maximum absolute atomic E-state index is 12.6. The summed E-state index contributed by atoms with van der Waals surface area (Å²) in [5.41, 5.74) is -0.778. The quantitative estimate of drug-likeness (QED) is 0.850. The van der Waals surface area contributed by atoms with Gasteiger partial charge in [0.05, 0.1) is 18.2 Å². The number of hydrogen-bond acceptors (Lipinski definition) is 4. The lowest BCUT2D eigenvalue weighted by Gasteiger charge is -2.34. The third-order valence-electron chi connectivity index (χ3n) is 4.45. The first-order valence-corrected chi connectivity index (χ1v) is 8.46. The van der Waals surface area contributed by atoms with Crippen LogP contribution in [0.5, 0.6) is 0 Å². The van der Waals surface area contributed by atoms with E-state index in [0.29, 0.717) is 12.4 Å². The molecule has 2 heterocycles. The topological polar surface area (TPSA) is 91.0 Å². The van der Waals surface area contributed by atoms with Gasteiger partial charge in [0, 0.05) is 12.1 Å². The van der Waals surface area contributed by atoms with E-state index in [-0.39, 0.29) is 24.1 Å². The van der Waals surface area contributed by atoms with Crippen molar-refractivity contribution in [2.24, 2.45) is 0 Å². The second-order valence-corrected chi connectivity index (χ2v) is 6.23. The van der Waals surface area contributed by atoms with Crippen molar-refractivity contribution in [1.29, 1.82) is 0 Å². The third kappa shape index (κ3) is 4.44. The van der Waals surface area contributed by atoms with E-state index in [4.69, 9.17) is 0 Å². The fourth-order valence-corrected chi connectivity index (χ4v) is 3.06. The van der Waals surface area contributed by atoms with E-state index in [1.165, 1.54) is 6.33 Å². The van der Waals surface area contributed by atoms with E-state index in [1.807, 2.05) is 0 Å². The van der Waals surface area contributed by atoms with Crippen LogP contribution in [-0.4, -0.2) is 45.0 Å². The maximum Gasteiger partial charge on any atom is 0.416 e. The van der Waals surface area contributed by atoms with Crippen molar-refractivity contribution in [3.8, 4) is 0 Å². The predicted molar refractivity (Wildman–Crippen MR) is 88.5 cm³/mol. The Morgan fingerprint density at radius 3 is 2.59 bits per heavy atom. The zero-order chi connectivity index (χ0) is 19.4. The van der Waals surface area contributed by atoms with Crippen LogP contribution in [0, 0.1) is 0 Å². The Morgan fingerprint density at radius 1 is 1.22 bits per heavy atom. The molecular formula is C17H18F3N5O2. The molecule has 1 saturated heterocycles. The number of H-pyrrole nitrogens is 1. The van der Waals surface area contributed by atoms with Crippen molar-refractivity contribution in [3.63, 3.8) is 0 Å². The summed E-state index contributed by atoms with van der Waals surface area (Å²) >= 11 is 0. The van der Waals surface area contributed by atoms with Crippen LogP contribution in [0.1, 0.15) is 47.1 Å². The summed E-state index contributed by atoms with van der Waals surface area (Å²) in [5.74, 6) is -0.293. The second-order valence-electron chi connectivity index (χ2n) is 6.23. The molecule has 2 N–H and O–H groups in total. The molecule has 0 bridgehead atoms. The average molecular weight is 381 g/mol. The number of likely N-dealkylation sites (tertiary alicyclic amines) is 1. The van der Waals surface area contributed by atoms with E-state index in [2.05, 4.69) is 20.5 Å². The highest BCUT2D eigenvalue weighted by Crippen LogP contribution is 2.29. The zero-order valence-electron chi connectivity index (χ0n) is 14.3. The molecule has 0 radical (unpaired) electrons. The fourth-order valence-electron chi connectivity index (χ4n) is 3.06. The Hall–Kier alpha value is -2.91. The minimum atomic E-state index is -4.46. The number of aromatic amines is 1. The Kier molecular flexibility index (Phi) is 5.43. The van der Waals surface area contributed by atoms with Gasteiger partial charge in [-0.25, -0.2) is 4.98 Å². The van der Waals surface area contributed by atoms with Gasteiger partial charge in [-0.3, -0.25) is 14.7 Å². The van der Waals surface area contributed by atoms with Crippen LogP contribution in [-0.2, 0) is 11.0 Å². The summed E-state index contributed by atoms with van der Waals surface area (Å²) in [4.78, 5) is 30.4. The van der Waals surface area contributed by atoms with Gasteiger partial charge in [0.1, 0.15) is 12.2 Å². The molecule has 1 aromatic carbocycles. The first-order valence-electron chi connectivity index (χ1n) is 8.46. The number of nitrogens with one attached hydrogen (secondary N) is 2. The number of carbonyl (C=O) groups excluding carboxylic acids is 2. The monoisotopic (exact) mass is 381 g/mol. The number of alkyl halides is 3. The number of aromatic nitrogens is 3. The minimum Gasteiger partial charge on any atom is -0.343 e. The molecule has 1 aliphatic rings. The first-order chi connectivity index (χ1) is 12.9. The number of benzene rings is 1. The van der Waals surface area contributed by atoms with E-state index in [0.717, 1.165) is 43.5 Å². The van der Waals surface area contributed by atoms with Crippen LogP contribution >= 0.6 is 0 Å². The summed E-state index contributed by atoms with van der Waals surface area (Å²) < 4.78 is 37.7. The average Bonchev–Trinajstić information content (AvgIpc) is 3.20. The summed E-state index contributed by atoms with van der Waals surface area (Å²) in [5, 5.41) is 9.03. The van der Waals surface area contributed by atoms with Gasteiger partial charge in [-0.1, -0.05) is 0 Å². The van der Waals surface area contributed by atoms with E-state index in [1.54, 1.807) is 4.90 Å². The van der Waals surface area contributed by atoms with Crippen molar-refractivity contribution in [1.82, 2.24) is 25.4 Å². The van der Waals surface area contributed by atoms with Crippen molar-refractivity contribution in [3.05, 3.63) is 47.5 Å². The Balaban J connectivity index is 1.60. The van der Waals surface area contributed by atoms with Crippen LogP contribution in [0.3, 0.4) is 0 Å². The van der Waals surface area contributed by atoms with Gasteiger partial charge in [0.15, 0.2) is 0 Å². The maximum atomic E-state index is 12.6. The van der Waals surface area contributed by atoms with Crippen molar-refractivity contribution < 1.29 is 22.8 Å². The minimum absolute atomic E-state index is 0.0567. The summed E-state index contributed by atoms with van der Waals surface area (Å²) in [6, 6.07) is 3.61. The molecule has 144 valence electrons. The molecule has 1 fully saturated rings. The summed E-state index contributed by atoms with van der Waals surface area (Å²) in [6.07, 6.45) is -0.544. The smallest absolute Gasteiger partial charge is 0.343 e. The second kappa shape index (κ2) is 7.77. The number of nitrogens with zero attached hydrogens (tertiary/aromatic N) is 3. The molecule has 2 amide bonds. The molecule has 0 spiro atoms. The SMILES string of the molecule is O=C(NCC(=O)N1CCCCC1c1ncn[nH]1)c1ccc(C(F)(F)F)cc1. The number of hydrogen-bond donors (Lipinski definition) is 2. The van der Waals surface area contributed by atoms with Gasteiger partial charge in [0.25, 0.3) is 5.91 Å². The van der Waals surface area contributed by atoms with Crippen molar-refractivity contribution in [2.75, 3.05) is 13.1 Å². The van der Waals surface area contributed by atoms with Crippen LogP contribution in [0.25, 0.3) is 0 Å². The lowest BCUT2D eigenvalue weighted by Crippen LogP contribution is -2.44. The molecule has 0 saturated carbocycles. The first kappa shape index (κ1) is 18.9. The Labute approximate surface area is 153 Å². The van der Waals surface area contributed by atoms with Crippen LogP contribution in [0.4, 0.5) is 13.2 Å². The van der Waals surface area contributed by atoms with Gasteiger partial charge in [-0.15, -0.1) is 0 Å². The molecule has 1 aromatic heterocycles. The van der Waals surface area contributed by atoms with E-state index in [9.17, 15) is 22.8 Å². The Bertz CT molecular complexity index is 790. The summed E-state index contributed by atoms with van der Waals surface area (Å²) in [7, 11) is 0. The van der Waals surface area contributed by atoms with Crippen LogP contribution in [0.2, 0.25) is 0 Å². The van der Waals surface area contributed by atoms with Gasteiger partial charge in [0.2, 0.25) is 5.91 Å². The standard InChI is InChI=1S/C17H18F3N5O2/c18-17(19,20)12-6-4-11(5-7-12)16(27)21-9-14(26)25-8-2-1-3-13(25)15-22-10-23-24-15/h4-7,10,13H,1-3,8-9H2,(H,21,27)(H,22,23,24). The number of amides is 2. The molecule has 3 rings (SSSR count). The molecule has 27 heavy (non-hydrogen) atoms. The van der Waals surface area contributed by atoms with Crippen molar-refractivity contribution >= 4 is 11.8 Å². The van der Waals surface area contributed by atoms with Crippen LogP contribution in [0.15, 0.2) is 30.6 Å². The molecule has 1 aliphatic heterocycles. The molecule has 10 heteroatoms. The molecule has 1 unspecified atom stereocenters. The van der Waals surface area contributed by atoms with E-state index >= 15 is 0 Å². The highest BCUT2D eigenvalue weighted by Gasteiger charge is 2.31. The number of piperidine rings is 1. The van der Waals surface area contributed by atoms with E-state index < -0.39 is 17.6 Å². The Morgan fingerprint density at radius 2 is 1.96 bits per heavy atom. The molecule has 1 atom stereocenters. The molecule has 0 aliphatic carbocycles. The van der Waals surface area contributed by atoms with Gasteiger partial charge in [-0.05, 0) is 43.5 Å². The number of halogens is 3. The molecule has 2 aromatic rings. The number of carbonyl (C=O) groups is 2. The van der Waals surface area contributed by atoms with Gasteiger partial charge >= 0.3 is 6.18 Å². The molecular weight excluding hydrogens is 363 g/mol. The summed E-state index contributed by atoms with van der Waals surface area (Å²) in [6.45, 7) is 0.296. The predicted octanol–water partition coefficient (Wildman–Crippen LogP) is 2.31. The lowest BCUT2D eigenvalue weighted by molar-refractivity contribution is -0.137. The highest BCUT2D eigenvalue weighted by atomic mass is 19.4. The lowest BCUT2D eigenvalue weighted by atomic mass is 10.0. The number of rotatable bonds is 4. The van der Waals surface area contributed by atoms with Gasteiger partial charge < -0.3 is 10.2 Å². The van der Waals surface area contributed by atoms with Crippen molar-refractivity contribution in [2.45, 2.75) is 31.5 Å². The van der Waals surface area contributed by atoms with Gasteiger partial charge in [-0.2, -0.15) is 18.3 Å².